The molecule has 3 N–H and O–H groups in total. The van der Waals surface area contributed by atoms with Crippen LogP contribution in [0.15, 0.2) is 0 Å². The average Bonchev–Trinajstić information content (AvgIpc) is 3.32. The Labute approximate surface area is 238 Å². The van der Waals surface area contributed by atoms with Gasteiger partial charge in [0.25, 0.3) is 0 Å². The van der Waals surface area contributed by atoms with Crippen LogP contribution in [0.3, 0.4) is 0 Å². The predicted octanol–water partition coefficient (Wildman–Crippen LogP) is 0.472. The summed E-state index contributed by atoms with van der Waals surface area (Å²) in [7, 11) is 6.91. The molecule has 13 atom stereocenters. The standard InChI is InChI=1S/C30H49N3O7/c1-36-16-6-9-23(37-2)21(14-16)32-25(34)15-40-17-5-8-22-20(13-17)18-11-12-31-27-19-7-10-24(38-3)29(39-4)26(19)30(35)33(22)28(18)27/h16-24,26-29,31H,5-15H2,1-4H3,(H,32,34)/p+1. The molecule has 13 unspecified atom stereocenters. The van der Waals surface area contributed by atoms with E-state index in [0.29, 0.717) is 35.7 Å². The number of hydrogen-bond acceptors (Lipinski definition) is 7. The smallest absolute Gasteiger partial charge is 0.246 e. The van der Waals surface area contributed by atoms with Crippen molar-refractivity contribution < 1.29 is 38.6 Å². The van der Waals surface area contributed by atoms with E-state index in [-0.39, 0.29) is 61.0 Å². The number of carbonyl (C=O) groups is 2. The zero-order valence-electron chi connectivity index (χ0n) is 24.7. The second-order valence-corrected chi connectivity index (χ2v) is 13.1. The zero-order chi connectivity index (χ0) is 28.0. The molecule has 0 aromatic carbocycles. The van der Waals surface area contributed by atoms with Crippen LogP contribution in [0.25, 0.3) is 0 Å². The van der Waals surface area contributed by atoms with Crippen LogP contribution >= 0.6 is 0 Å². The molecule has 3 aliphatic heterocycles. The molecule has 40 heavy (non-hydrogen) atoms. The molecule has 226 valence electrons. The van der Waals surface area contributed by atoms with Crippen molar-refractivity contribution in [3.8, 4) is 0 Å². The van der Waals surface area contributed by atoms with Gasteiger partial charge in [0.05, 0.1) is 55.1 Å². The molecule has 10 nitrogen and oxygen atoms in total. The zero-order valence-corrected chi connectivity index (χ0v) is 24.7. The maximum atomic E-state index is 14.2. The fourth-order valence-electron chi connectivity index (χ4n) is 9.85. The lowest BCUT2D eigenvalue weighted by atomic mass is 9.64. The third-order valence-corrected chi connectivity index (χ3v) is 11.6. The van der Waals surface area contributed by atoms with E-state index in [4.69, 9.17) is 23.7 Å². The first-order valence-corrected chi connectivity index (χ1v) is 15.7. The Bertz CT molecular complexity index is 922. The maximum absolute atomic E-state index is 14.2. The van der Waals surface area contributed by atoms with Gasteiger partial charge in [-0.3, -0.25) is 9.59 Å². The van der Waals surface area contributed by atoms with Gasteiger partial charge in [0.1, 0.15) is 12.6 Å². The molecule has 6 fully saturated rings. The van der Waals surface area contributed by atoms with Crippen molar-refractivity contribution in [2.24, 2.45) is 23.7 Å². The molecule has 0 radical (unpaired) electrons. The van der Waals surface area contributed by atoms with Crippen molar-refractivity contribution in [1.82, 2.24) is 10.2 Å². The predicted molar refractivity (Wildman–Crippen MR) is 145 cm³/mol. The van der Waals surface area contributed by atoms with Gasteiger partial charge >= 0.3 is 0 Å². The summed E-state index contributed by atoms with van der Waals surface area (Å²) in [6, 6.07) is 0.956. The number of rotatable bonds is 8. The summed E-state index contributed by atoms with van der Waals surface area (Å²) in [4.78, 5) is 29.4. The molecule has 3 saturated heterocycles. The number of carbonyl (C=O) groups excluding carboxylic acids is 2. The molecule has 6 aliphatic rings. The van der Waals surface area contributed by atoms with Crippen molar-refractivity contribution >= 4 is 11.8 Å². The Hall–Kier alpha value is -1.30. The Balaban J connectivity index is 1.10. The van der Waals surface area contributed by atoms with E-state index in [1.807, 2.05) is 0 Å². The molecule has 10 heteroatoms. The number of nitrogens with zero attached hydrogens (tertiary/aromatic N) is 1. The van der Waals surface area contributed by atoms with Gasteiger partial charge in [-0.05, 0) is 63.2 Å². The van der Waals surface area contributed by atoms with Gasteiger partial charge in [-0.15, -0.1) is 0 Å². The first kappa shape index (κ1) is 28.8. The van der Waals surface area contributed by atoms with Gasteiger partial charge in [-0.1, -0.05) is 0 Å². The number of quaternary nitrogens is 1. The lowest BCUT2D eigenvalue weighted by molar-refractivity contribution is -0.713. The van der Waals surface area contributed by atoms with E-state index in [1.165, 1.54) is 0 Å². The highest BCUT2D eigenvalue weighted by atomic mass is 16.5. The van der Waals surface area contributed by atoms with Crippen molar-refractivity contribution in [1.29, 1.82) is 0 Å². The van der Waals surface area contributed by atoms with E-state index in [0.717, 1.165) is 64.3 Å². The van der Waals surface area contributed by atoms with E-state index < -0.39 is 0 Å². The van der Waals surface area contributed by atoms with Gasteiger partial charge in [0, 0.05) is 46.8 Å². The van der Waals surface area contributed by atoms with E-state index in [1.54, 1.807) is 28.4 Å². The van der Waals surface area contributed by atoms with Gasteiger partial charge in [0.15, 0.2) is 0 Å². The van der Waals surface area contributed by atoms with Crippen LogP contribution in [0.1, 0.15) is 57.8 Å². The number of amides is 2. The minimum atomic E-state index is -0.177. The summed E-state index contributed by atoms with van der Waals surface area (Å²) in [6.07, 6.45) is 8.47. The van der Waals surface area contributed by atoms with Crippen molar-refractivity contribution in [2.45, 2.75) is 112 Å². The number of piperidine rings is 2. The quantitative estimate of drug-likeness (QED) is 0.441. The third kappa shape index (κ3) is 5.00. The monoisotopic (exact) mass is 564 g/mol. The van der Waals surface area contributed by atoms with E-state index in [2.05, 4.69) is 15.5 Å². The van der Waals surface area contributed by atoms with Crippen LogP contribution in [0.4, 0.5) is 0 Å². The summed E-state index contributed by atoms with van der Waals surface area (Å²) in [5.41, 5.74) is 0. The van der Waals surface area contributed by atoms with Crippen LogP contribution in [-0.2, 0) is 33.3 Å². The van der Waals surface area contributed by atoms with E-state index >= 15 is 0 Å². The summed E-state index contributed by atoms with van der Waals surface area (Å²) < 4.78 is 29.2. The number of methoxy groups -OCH3 is 4. The molecule has 6 rings (SSSR count). The van der Waals surface area contributed by atoms with Gasteiger partial charge < -0.3 is 39.2 Å². The SMILES string of the molecule is COC1CCC(OC)C(NC(=O)COC2CCC3C(C2)C2CC[NH2+]C4C5CCC(OC)C(OC)C5C(=O)N3C24)C1. The van der Waals surface area contributed by atoms with Crippen LogP contribution in [0.5, 0.6) is 0 Å². The number of fused-ring (bicyclic) bond motifs is 5. The fraction of sp³-hybridized carbons (Fsp3) is 0.933. The number of nitrogens with two attached hydrogens (primary N) is 1. The van der Waals surface area contributed by atoms with Crippen molar-refractivity contribution in [3.05, 3.63) is 0 Å². The lowest BCUT2D eigenvalue weighted by Crippen LogP contribution is -2.99. The Kier molecular flexibility index (Phi) is 8.73. The Morgan fingerprint density at radius 3 is 2.38 bits per heavy atom. The maximum Gasteiger partial charge on any atom is 0.246 e. The fourth-order valence-corrected chi connectivity index (χ4v) is 9.85. The minimum absolute atomic E-state index is 0.0100. The second-order valence-electron chi connectivity index (χ2n) is 13.1. The van der Waals surface area contributed by atoms with E-state index in [9.17, 15) is 9.59 Å². The Morgan fingerprint density at radius 1 is 0.850 bits per heavy atom. The Morgan fingerprint density at radius 2 is 1.62 bits per heavy atom. The number of hydrogen-bond donors (Lipinski definition) is 2. The largest absolute Gasteiger partial charge is 0.381 e. The molecule has 0 spiro atoms. The highest BCUT2D eigenvalue weighted by Crippen LogP contribution is 2.53. The lowest BCUT2D eigenvalue weighted by Gasteiger charge is -2.53. The van der Waals surface area contributed by atoms with Crippen molar-refractivity contribution in [3.63, 3.8) is 0 Å². The molecule has 3 aliphatic carbocycles. The topological polar surface area (TPSA) is 112 Å². The van der Waals surface area contributed by atoms with Gasteiger partial charge in [-0.2, -0.15) is 0 Å². The average molecular weight is 565 g/mol. The molecule has 0 aromatic rings. The molecular weight excluding hydrogens is 514 g/mol. The molecule has 3 saturated carbocycles. The molecule has 0 bridgehead atoms. The van der Waals surface area contributed by atoms with Crippen LogP contribution in [0.2, 0.25) is 0 Å². The number of nitrogens with one attached hydrogen (secondary N) is 1. The molecule has 0 aromatic heterocycles. The van der Waals surface area contributed by atoms with Gasteiger partial charge in [0.2, 0.25) is 11.8 Å². The highest BCUT2D eigenvalue weighted by Gasteiger charge is 2.66. The number of ether oxygens (including phenoxy) is 5. The van der Waals surface area contributed by atoms with Crippen LogP contribution in [0, 0.1) is 23.7 Å². The molecular formula is C30H50N3O7+. The first-order valence-electron chi connectivity index (χ1n) is 15.7. The minimum Gasteiger partial charge on any atom is -0.381 e. The van der Waals surface area contributed by atoms with Crippen LogP contribution < -0.4 is 10.6 Å². The van der Waals surface area contributed by atoms with Crippen molar-refractivity contribution in [2.75, 3.05) is 41.6 Å². The molecule has 2 amide bonds. The van der Waals surface area contributed by atoms with Gasteiger partial charge in [-0.25, -0.2) is 0 Å². The first-order chi connectivity index (χ1) is 19.5. The normalized spacial score (nSPS) is 46.4. The second kappa shape index (κ2) is 12.1. The summed E-state index contributed by atoms with van der Waals surface area (Å²) in [5.74, 6) is 1.38. The summed E-state index contributed by atoms with van der Waals surface area (Å²) in [5, 5.41) is 5.68. The highest BCUT2D eigenvalue weighted by molar-refractivity contribution is 5.82. The third-order valence-electron chi connectivity index (χ3n) is 11.6. The summed E-state index contributed by atoms with van der Waals surface area (Å²) in [6.45, 7) is 1.18. The summed E-state index contributed by atoms with van der Waals surface area (Å²) >= 11 is 0. The van der Waals surface area contributed by atoms with Crippen LogP contribution in [-0.4, -0.2) is 113 Å². The molecule has 3 heterocycles.